The van der Waals surface area contributed by atoms with E-state index in [1.165, 1.54) is 5.56 Å². The zero-order chi connectivity index (χ0) is 13.9. The summed E-state index contributed by atoms with van der Waals surface area (Å²) in [5.74, 6) is 0. The van der Waals surface area contributed by atoms with Crippen molar-refractivity contribution in [3.05, 3.63) is 28.5 Å². The largest absolute Gasteiger partial charge is 0.392 e. The molecule has 0 spiro atoms. The molecule has 0 atom stereocenters. The Morgan fingerprint density at radius 2 is 2.21 bits per heavy atom. The van der Waals surface area contributed by atoms with Crippen LogP contribution in [0.2, 0.25) is 0 Å². The number of nitrogens with zero attached hydrogens (tertiary/aromatic N) is 2. The van der Waals surface area contributed by atoms with Gasteiger partial charge in [0, 0.05) is 36.5 Å². The van der Waals surface area contributed by atoms with Gasteiger partial charge in [-0.25, -0.2) is 0 Å². The minimum absolute atomic E-state index is 0.00134. The Hall–Kier alpha value is -0.170. The lowest BCUT2D eigenvalue weighted by Gasteiger charge is -2.40. The van der Waals surface area contributed by atoms with Crippen molar-refractivity contribution in [1.29, 1.82) is 0 Å². The van der Waals surface area contributed by atoms with Crippen LogP contribution in [0.15, 0.2) is 22.9 Å². The van der Waals surface area contributed by atoms with Crippen LogP contribution in [-0.4, -0.2) is 39.0 Å². The van der Waals surface area contributed by atoms with Gasteiger partial charge in [-0.05, 0) is 46.7 Å². The molecule has 1 aromatic rings. The molecule has 2 N–H and O–H groups in total. The smallest absolute Gasteiger partial charge is 0.0891 e. The second-order valence-corrected chi connectivity index (χ2v) is 7.40. The fourth-order valence-corrected chi connectivity index (χ4v) is 4.08. The fraction of sp³-hybridized carbons (Fsp3) is 0.538. The first-order chi connectivity index (χ1) is 9.05. The summed E-state index contributed by atoms with van der Waals surface area (Å²) < 4.78 is 1.03. The molecule has 1 saturated heterocycles. The summed E-state index contributed by atoms with van der Waals surface area (Å²) >= 11 is 10.5. The highest BCUT2D eigenvalue weighted by atomic mass is 79.9. The summed E-state index contributed by atoms with van der Waals surface area (Å²) in [4.78, 5) is 7.30. The number of likely N-dealkylation sites (tertiary alicyclic amines) is 1. The van der Waals surface area contributed by atoms with Crippen LogP contribution in [0.5, 0.6) is 0 Å². The molecule has 2 rings (SSSR count). The highest BCUT2D eigenvalue weighted by Crippen LogP contribution is 2.35. The first kappa shape index (κ1) is 15.2. The first-order valence-corrected chi connectivity index (χ1v) is 8.65. The Balaban J connectivity index is 1.95. The average Bonchev–Trinajstić information content (AvgIpc) is 2.39. The number of hydrogen-bond acceptors (Lipinski definition) is 4. The molecule has 1 aromatic heterocycles. The zero-order valence-corrected chi connectivity index (χ0v) is 14.2. The molecule has 3 nitrogen and oxygen atoms in total. The number of thiocarbonyl (C=S) groups is 1. The van der Waals surface area contributed by atoms with Crippen LogP contribution in [0.25, 0.3) is 0 Å². The van der Waals surface area contributed by atoms with E-state index < -0.39 is 0 Å². The van der Waals surface area contributed by atoms with Gasteiger partial charge < -0.3 is 5.73 Å². The van der Waals surface area contributed by atoms with Gasteiger partial charge in [-0.15, -0.1) is 0 Å². The lowest BCUT2D eigenvalue weighted by atomic mass is 9.95. The molecular weight excluding hydrogens is 342 g/mol. The number of hydrogen-bond donors (Lipinski definition) is 1. The van der Waals surface area contributed by atoms with Gasteiger partial charge in [-0.3, -0.25) is 9.88 Å². The lowest BCUT2D eigenvalue weighted by molar-refractivity contribution is 0.212. The number of rotatable bonds is 4. The van der Waals surface area contributed by atoms with Crippen LogP contribution in [0.3, 0.4) is 0 Å². The van der Waals surface area contributed by atoms with Gasteiger partial charge in [0.05, 0.1) is 9.74 Å². The first-order valence-electron chi connectivity index (χ1n) is 6.22. The van der Waals surface area contributed by atoms with Crippen LogP contribution in [0, 0.1) is 0 Å². The Morgan fingerprint density at radius 3 is 2.74 bits per heavy atom. The molecule has 1 aliphatic heterocycles. The van der Waals surface area contributed by atoms with Gasteiger partial charge in [0.15, 0.2) is 0 Å². The lowest BCUT2D eigenvalue weighted by Crippen LogP contribution is -2.48. The van der Waals surface area contributed by atoms with E-state index in [0.717, 1.165) is 36.9 Å². The van der Waals surface area contributed by atoms with E-state index >= 15 is 0 Å². The maximum Gasteiger partial charge on any atom is 0.0891 e. The molecule has 2 heterocycles. The molecule has 0 saturated carbocycles. The Labute approximate surface area is 132 Å². The minimum Gasteiger partial charge on any atom is -0.392 e. The summed E-state index contributed by atoms with van der Waals surface area (Å²) in [6.45, 7) is 3.00. The molecule has 0 aromatic carbocycles. The van der Waals surface area contributed by atoms with Gasteiger partial charge in [0.2, 0.25) is 0 Å². The Bertz CT molecular complexity index is 459. The Kier molecular flexibility index (Phi) is 5.22. The van der Waals surface area contributed by atoms with Crippen LogP contribution in [0.1, 0.15) is 18.4 Å². The van der Waals surface area contributed by atoms with Crippen LogP contribution < -0.4 is 5.73 Å². The van der Waals surface area contributed by atoms with Gasteiger partial charge in [0.1, 0.15) is 0 Å². The standard InChI is InChI=1S/C13H18BrN3S2/c1-19-13(12(15)18)2-4-17(5-3-13)9-10-6-11(14)8-16-7-10/h6-8H,2-5,9H2,1H3,(H2,15,18). The summed E-state index contributed by atoms with van der Waals surface area (Å²) in [6.07, 6.45) is 7.91. The third-order valence-electron chi connectivity index (χ3n) is 3.67. The van der Waals surface area contributed by atoms with Gasteiger partial charge in [0.25, 0.3) is 0 Å². The second kappa shape index (κ2) is 6.52. The number of nitrogens with two attached hydrogens (primary N) is 1. The van der Waals surface area contributed by atoms with E-state index in [0.29, 0.717) is 4.99 Å². The fourth-order valence-electron chi connectivity index (χ4n) is 2.42. The quantitative estimate of drug-likeness (QED) is 0.837. The Morgan fingerprint density at radius 1 is 1.53 bits per heavy atom. The van der Waals surface area contributed by atoms with Crippen molar-refractivity contribution in [2.24, 2.45) is 5.73 Å². The predicted molar refractivity (Wildman–Crippen MR) is 89.5 cm³/mol. The number of aromatic nitrogens is 1. The van der Waals surface area contributed by atoms with E-state index in [9.17, 15) is 0 Å². The molecule has 0 radical (unpaired) electrons. The molecule has 0 unspecified atom stereocenters. The van der Waals surface area contributed by atoms with E-state index in [1.54, 1.807) is 11.8 Å². The maximum absolute atomic E-state index is 5.91. The highest BCUT2D eigenvalue weighted by molar-refractivity contribution is 9.10. The van der Waals surface area contributed by atoms with Gasteiger partial charge >= 0.3 is 0 Å². The van der Waals surface area contributed by atoms with E-state index in [2.05, 4.69) is 38.1 Å². The normalized spacial score (nSPS) is 19.3. The number of halogens is 1. The number of piperidine rings is 1. The highest BCUT2D eigenvalue weighted by Gasteiger charge is 2.36. The third kappa shape index (κ3) is 3.68. The molecule has 0 aliphatic carbocycles. The van der Waals surface area contributed by atoms with Crippen molar-refractivity contribution in [2.75, 3.05) is 19.3 Å². The van der Waals surface area contributed by atoms with Crippen molar-refractivity contribution in [2.45, 2.75) is 24.1 Å². The van der Waals surface area contributed by atoms with Crippen molar-refractivity contribution < 1.29 is 0 Å². The van der Waals surface area contributed by atoms with Crippen molar-refractivity contribution >= 4 is 44.9 Å². The molecule has 0 amide bonds. The maximum atomic E-state index is 5.91. The summed E-state index contributed by atoms with van der Waals surface area (Å²) in [7, 11) is 0. The summed E-state index contributed by atoms with van der Waals surface area (Å²) in [5.41, 5.74) is 7.14. The molecule has 0 bridgehead atoms. The predicted octanol–water partition coefficient (Wildman–Crippen LogP) is 2.83. The summed E-state index contributed by atoms with van der Waals surface area (Å²) in [6, 6.07) is 2.12. The topological polar surface area (TPSA) is 42.1 Å². The van der Waals surface area contributed by atoms with Gasteiger partial charge in [-0.1, -0.05) is 12.2 Å². The SMILES string of the molecule is CSC1(C(N)=S)CCN(Cc2cncc(Br)c2)CC1. The van der Waals surface area contributed by atoms with Crippen molar-refractivity contribution in [1.82, 2.24) is 9.88 Å². The zero-order valence-electron chi connectivity index (χ0n) is 10.9. The summed E-state index contributed by atoms with van der Waals surface area (Å²) in [5, 5.41) is 0. The van der Waals surface area contributed by atoms with Crippen molar-refractivity contribution in [3.8, 4) is 0 Å². The van der Waals surface area contributed by atoms with Crippen LogP contribution in [0.4, 0.5) is 0 Å². The van der Waals surface area contributed by atoms with E-state index in [-0.39, 0.29) is 4.75 Å². The number of pyridine rings is 1. The molecule has 1 aliphatic rings. The molecular formula is C13H18BrN3S2. The van der Waals surface area contributed by atoms with Crippen LogP contribution >= 0.6 is 39.9 Å². The van der Waals surface area contributed by atoms with Crippen LogP contribution in [-0.2, 0) is 6.54 Å². The van der Waals surface area contributed by atoms with Crippen molar-refractivity contribution in [3.63, 3.8) is 0 Å². The number of thioether (sulfide) groups is 1. The monoisotopic (exact) mass is 359 g/mol. The second-order valence-electron chi connectivity index (χ2n) is 4.85. The molecule has 19 heavy (non-hydrogen) atoms. The average molecular weight is 360 g/mol. The molecule has 6 heteroatoms. The molecule has 1 fully saturated rings. The van der Waals surface area contributed by atoms with E-state index in [1.807, 2.05) is 12.4 Å². The van der Waals surface area contributed by atoms with E-state index in [4.69, 9.17) is 18.0 Å². The third-order valence-corrected chi connectivity index (χ3v) is 6.03. The molecule has 104 valence electrons. The van der Waals surface area contributed by atoms with Gasteiger partial charge in [-0.2, -0.15) is 11.8 Å². The minimum atomic E-state index is 0.00134.